The van der Waals surface area contributed by atoms with Crippen molar-refractivity contribution >= 4 is 28.6 Å². The Morgan fingerprint density at radius 3 is 2.88 bits per heavy atom. The average molecular weight is 345 g/mol. The van der Waals surface area contributed by atoms with E-state index in [9.17, 15) is 9.59 Å². The van der Waals surface area contributed by atoms with Crippen molar-refractivity contribution in [2.24, 2.45) is 0 Å². The molecule has 0 saturated carbocycles. The molecule has 0 amide bonds. The standard InChI is InChI=1S/C17H19N3O3S/c1-4-5-8-20-15(21)13-7-6-12(16(22)23-3)9-14(13)19-17(20)24-11(2)10-18/h6-7,9,11H,4-5,8H2,1-3H3/t11-/m1/s1. The first-order valence-electron chi connectivity index (χ1n) is 7.71. The highest BCUT2D eigenvalue weighted by Crippen LogP contribution is 2.23. The number of benzene rings is 1. The summed E-state index contributed by atoms with van der Waals surface area (Å²) in [5, 5.41) is 9.67. The second-order valence-corrected chi connectivity index (χ2v) is 6.63. The fourth-order valence-electron chi connectivity index (χ4n) is 2.23. The van der Waals surface area contributed by atoms with Gasteiger partial charge in [-0.05, 0) is 31.5 Å². The molecule has 126 valence electrons. The van der Waals surface area contributed by atoms with Gasteiger partial charge in [-0.25, -0.2) is 9.78 Å². The SMILES string of the molecule is CCCCn1c(S[C@H](C)C#N)nc2cc(C(=O)OC)ccc2c1=O. The van der Waals surface area contributed by atoms with Crippen molar-refractivity contribution in [3.05, 3.63) is 34.1 Å². The molecule has 0 bridgehead atoms. The zero-order valence-electron chi connectivity index (χ0n) is 13.9. The van der Waals surface area contributed by atoms with Crippen molar-refractivity contribution in [3.63, 3.8) is 0 Å². The highest BCUT2D eigenvalue weighted by atomic mass is 32.2. The van der Waals surface area contributed by atoms with Crippen LogP contribution in [0.1, 0.15) is 37.0 Å². The molecule has 0 fully saturated rings. The second-order valence-electron chi connectivity index (χ2n) is 5.32. The van der Waals surface area contributed by atoms with Crippen LogP contribution in [-0.2, 0) is 11.3 Å². The first kappa shape index (κ1) is 18.0. The monoisotopic (exact) mass is 345 g/mol. The molecule has 6 nitrogen and oxygen atoms in total. The lowest BCUT2D eigenvalue weighted by Gasteiger charge is -2.13. The van der Waals surface area contributed by atoms with Crippen LogP contribution in [0.5, 0.6) is 0 Å². The van der Waals surface area contributed by atoms with Gasteiger partial charge in [-0.15, -0.1) is 0 Å². The Labute approximate surface area is 144 Å². The quantitative estimate of drug-likeness (QED) is 0.454. The van der Waals surface area contributed by atoms with Gasteiger partial charge in [-0.3, -0.25) is 9.36 Å². The van der Waals surface area contributed by atoms with Crippen molar-refractivity contribution in [1.82, 2.24) is 9.55 Å². The summed E-state index contributed by atoms with van der Waals surface area (Å²) in [4.78, 5) is 29.0. The summed E-state index contributed by atoms with van der Waals surface area (Å²) in [6.45, 7) is 4.36. The second kappa shape index (κ2) is 7.97. The molecule has 1 aromatic carbocycles. The number of unbranched alkanes of at least 4 members (excludes halogenated alkanes) is 1. The van der Waals surface area contributed by atoms with E-state index in [1.54, 1.807) is 29.7 Å². The van der Waals surface area contributed by atoms with Crippen LogP contribution in [-0.4, -0.2) is 27.9 Å². The van der Waals surface area contributed by atoms with E-state index in [0.29, 0.717) is 28.2 Å². The highest BCUT2D eigenvalue weighted by molar-refractivity contribution is 8.00. The lowest BCUT2D eigenvalue weighted by molar-refractivity contribution is 0.0601. The van der Waals surface area contributed by atoms with Gasteiger partial charge in [0, 0.05) is 6.54 Å². The van der Waals surface area contributed by atoms with E-state index in [1.807, 2.05) is 6.92 Å². The third kappa shape index (κ3) is 3.77. The predicted octanol–water partition coefficient (Wildman–Crippen LogP) is 2.99. The van der Waals surface area contributed by atoms with Crippen LogP contribution >= 0.6 is 11.8 Å². The molecule has 2 rings (SSSR count). The zero-order chi connectivity index (χ0) is 17.7. The van der Waals surface area contributed by atoms with Crippen LogP contribution in [0.3, 0.4) is 0 Å². The minimum atomic E-state index is -0.478. The molecule has 0 N–H and O–H groups in total. The molecular formula is C17H19N3O3S. The third-order valence-electron chi connectivity index (χ3n) is 3.54. The topological polar surface area (TPSA) is 85.0 Å². The average Bonchev–Trinajstić information content (AvgIpc) is 2.60. The van der Waals surface area contributed by atoms with Gasteiger partial charge in [0.05, 0.1) is 34.9 Å². The van der Waals surface area contributed by atoms with Gasteiger partial charge in [0.15, 0.2) is 5.16 Å². The maximum Gasteiger partial charge on any atom is 0.337 e. The van der Waals surface area contributed by atoms with E-state index in [4.69, 9.17) is 10.00 Å². The first-order valence-corrected chi connectivity index (χ1v) is 8.59. The number of fused-ring (bicyclic) bond motifs is 1. The Bertz CT molecular complexity index is 855. The molecule has 24 heavy (non-hydrogen) atoms. The minimum Gasteiger partial charge on any atom is -0.465 e. The Kier molecular flexibility index (Phi) is 5.99. The molecule has 0 radical (unpaired) electrons. The Hall–Kier alpha value is -2.33. The number of nitriles is 1. The summed E-state index contributed by atoms with van der Waals surface area (Å²) in [5.74, 6) is -0.478. The van der Waals surface area contributed by atoms with Gasteiger partial charge in [0.25, 0.3) is 5.56 Å². The van der Waals surface area contributed by atoms with Gasteiger partial charge in [-0.1, -0.05) is 25.1 Å². The molecule has 0 aliphatic carbocycles. The number of carbonyl (C=O) groups excluding carboxylic acids is 1. The number of nitrogens with zero attached hydrogens (tertiary/aromatic N) is 3. The number of aromatic nitrogens is 2. The van der Waals surface area contributed by atoms with Gasteiger partial charge >= 0.3 is 5.97 Å². The smallest absolute Gasteiger partial charge is 0.337 e. The van der Waals surface area contributed by atoms with Gasteiger partial charge in [0.1, 0.15) is 0 Å². The minimum absolute atomic E-state index is 0.155. The van der Waals surface area contributed by atoms with Gasteiger partial charge in [-0.2, -0.15) is 5.26 Å². The lowest BCUT2D eigenvalue weighted by atomic mass is 10.1. The van der Waals surface area contributed by atoms with Gasteiger partial charge < -0.3 is 4.74 Å². The maximum atomic E-state index is 12.8. The van der Waals surface area contributed by atoms with Crippen LogP contribution in [0, 0.1) is 11.3 Å². The number of thioether (sulfide) groups is 1. The van der Waals surface area contributed by atoms with Crippen molar-refractivity contribution in [2.75, 3.05) is 7.11 Å². The molecule has 1 atom stereocenters. The van der Waals surface area contributed by atoms with E-state index in [1.165, 1.54) is 18.9 Å². The number of rotatable bonds is 6. The molecule has 0 unspecified atom stereocenters. The fourth-order valence-corrected chi connectivity index (χ4v) is 3.05. The molecule has 1 aromatic heterocycles. The van der Waals surface area contributed by atoms with Crippen LogP contribution in [0.4, 0.5) is 0 Å². The number of esters is 1. The largest absolute Gasteiger partial charge is 0.465 e. The third-order valence-corrected chi connectivity index (χ3v) is 4.52. The highest BCUT2D eigenvalue weighted by Gasteiger charge is 2.16. The molecule has 1 heterocycles. The summed E-state index contributed by atoms with van der Waals surface area (Å²) in [6.07, 6.45) is 1.80. The number of hydrogen-bond acceptors (Lipinski definition) is 6. The van der Waals surface area contributed by atoms with E-state index < -0.39 is 5.97 Å². The first-order chi connectivity index (χ1) is 11.5. The molecule has 2 aromatic rings. The van der Waals surface area contributed by atoms with Crippen LogP contribution < -0.4 is 5.56 Å². The van der Waals surface area contributed by atoms with Crippen molar-refractivity contribution in [3.8, 4) is 6.07 Å². The van der Waals surface area contributed by atoms with Crippen molar-refractivity contribution in [2.45, 2.75) is 43.6 Å². The summed E-state index contributed by atoms with van der Waals surface area (Å²) in [7, 11) is 1.30. The Morgan fingerprint density at radius 1 is 1.50 bits per heavy atom. The molecule has 0 saturated heterocycles. The number of ether oxygens (including phenoxy) is 1. The molecule has 7 heteroatoms. The van der Waals surface area contributed by atoms with Gasteiger partial charge in [0.2, 0.25) is 0 Å². The van der Waals surface area contributed by atoms with Crippen LogP contribution in [0.2, 0.25) is 0 Å². The van der Waals surface area contributed by atoms with E-state index in [-0.39, 0.29) is 10.8 Å². The lowest BCUT2D eigenvalue weighted by Crippen LogP contribution is -2.24. The predicted molar refractivity (Wildman–Crippen MR) is 93.2 cm³/mol. The summed E-state index contributed by atoms with van der Waals surface area (Å²) < 4.78 is 6.32. The van der Waals surface area contributed by atoms with Crippen molar-refractivity contribution < 1.29 is 9.53 Å². The molecule has 0 aliphatic rings. The number of carbonyl (C=O) groups is 1. The normalized spacial score (nSPS) is 11.9. The summed E-state index contributed by atoms with van der Waals surface area (Å²) >= 11 is 1.24. The maximum absolute atomic E-state index is 12.8. The Morgan fingerprint density at radius 2 is 2.25 bits per heavy atom. The molecule has 0 spiro atoms. The zero-order valence-corrected chi connectivity index (χ0v) is 14.7. The van der Waals surface area contributed by atoms with Crippen LogP contribution in [0.15, 0.2) is 28.2 Å². The van der Waals surface area contributed by atoms with E-state index in [0.717, 1.165) is 12.8 Å². The van der Waals surface area contributed by atoms with Crippen molar-refractivity contribution in [1.29, 1.82) is 5.26 Å². The summed E-state index contributed by atoms with van der Waals surface area (Å²) in [5.41, 5.74) is 0.619. The molecular weight excluding hydrogens is 326 g/mol. The number of methoxy groups -OCH3 is 1. The van der Waals surface area contributed by atoms with E-state index >= 15 is 0 Å². The summed E-state index contributed by atoms with van der Waals surface area (Å²) in [6, 6.07) is 6.85. The number of hydrogen-bond donors (Lipinski definition) is 0. The Balaban J connectivity index is 2.63. The molecule has 0 aliphatic heterocycles. The van der Waals surface area contributed by atoms with Crippen LogP contribution in [0.25, 0.3) is 10.9 Å². The van der Waals surface area contributed by atoms with E-state index in [2.05, 4.69) is 11.1 Å². The fraction of sp³-hybridized carbons (Fsp3) is 0.412.